The minimum absolute atomic E-state index is 0.0131. The summed E-state index contributed by atoms with van der Waals surface area (Å²) in [7, 11) is 0. The minimum atomic E-state index is -0.826. The summed E-state index contributed by atoms with van der Waals surface area (Å²) in [5, 5.41) is 0. The summed E-state index contributed by atoms with van der Waals surface area (Å²) in [5.41, 5.74) is 13.5. The number of hydrogen-bond acceptors (Lipinski definition) is 8. The fraction of sp³-hybridized carbons (Fsp3) is 0.861. The Morgan fingerprint density at radius 3 is 1.76 bits per heavy atom. The van der Waals surface area contributed by atoms with Crippen molar-refractivity contribution in [1.29, 1.82) is 0 Å². The molecule has 246 valence electrons. The summed E-state index contributed by atoms with van der Waals surface area (Å²) in [6.45, 7) is 2.33. The molecule has 9 heteroatoms. The largest absolute Gasteiger partial charge is 0.475 e. The Kier molecular flexibility index (Phi) is 7.75. The van der Waals surface area contributed by atoms with E-state index in [1.165, 1.54) is 24.2 Å². The molecule has 45 heavy (non-hydrogen) atoms. The summed E-state index contributed by atoms with van der Waals surface area (Å²) >= 11 is 0. The number of ketones is 2. The first-order valence-corrected chi connectivity index (χ1v) is 18.4. The molecule has 0 aromatic heterocycles. The zero-order valence-electron chi connectivity index (χ0n) is 26.9. The predicted molar refractivity (Wildman–Crippen MR) is 168 cm³/mol. The number of nitrogens with two attached hydrogens (primary N) is 2. The highest BCUT2D eigenvalue weighted by Crippen LogP contribution is 2.52. The number of likely N-dealkylation sites (tertiary alicyclic amines) is 1. The van der Waals surface area contributed by atoms with Crippen LogP contribution in [0, 0.1) is 59.2 Å². The molecule has 11 unspecified atom stereocenters. The Bertz CT molecular complexity index is 1210. The Balaban J connectivity index is 0.897. The lowest BCUT2D eigenvalue weighted by Gasteiger charge is -2.50. The number of aliphatic imine (C=N–C) groups is 1. The number of hydrogen-bond donors (Lipinski definition) is 2. The second kappa shape index (κ2) is 11.5. The molecule has 2 heterocycles. The van der Waals surface area contributed by atoms with Gasteiger partial charge in [0.25, 0.3) is 0 Å². The van der Waals surface area contributed by atoms with Crippen molar-refractivity contribution in [3.63, 3.8) is 0 Å². The third kappa shape index (κ3) is 4.79. The SMILES string of the molecule is CC1CCC2OC(C3CCC(C4CCC(N5C(=O)C6C(N)C7C(=O)C8CCCCC8C(=O)C7C(N)C6C5=O)CC4)CC3)=NC2C1. The van der Waals surface area contributed by atoms with Crippen LogP contribution in [0.2, 0.25) is 0 Å². The fourth-order valence-electron chi connectivity index (χ4n) is 11.7. The van der Waals surface area contributed by atoms with Crippen LogP contribution in [0.1, 0.15) is 103 Å². The van der Waals surface area contributed by atoms with Gasteiger partial charge in [-0.05, 0) is 101 Å². The molecule has 9 nitrogen and oxygen atoms in total. The highest BCUT2D eigenvalue weighted by molar-refractivity contribution is 6.09. The van der Waals surface area contributed by atoms with E-state index in [0.29, 0.717) is 42.7 Å². The normalized spacial score (nSPS) is 49.9. The van der Waals surface area contributed by atoms with E-state index in [0.717, 1.165) is 76.0 Å². The van der Waals surface area contributed by atoms with Crippen LogP contribution in [0.15, 0.2) is 4.99 Å². The average Bonchev–Trinajstić information content (AvgIpc) is 3.59. The number of Topliss-reactive ketones (excluding diaryl/α,β-unsaturated/α-hetero) is 2. The highest BCUT2D eigenvalue weighted by atomic mass is 16.5. The number of ether oxygens (including phenoxy) is 1. The molecular weight excluding hydrogens is 568 g/mol. The van der Waals surface area contributed by atoms with Gasteiger partial charge in [0.15, 0.2) is 5.90 Å². The lowest BCUT2D eigenvalue weighted by atomic mass is 9.52. The number of carbonyl (C=O) groups excluding carboxylic acids is 4. The molecule has 2 aliphatic heterocycles. The summed E-state index contributed by atoms with van der Waals surface area (Å²) in [6, 6.07) is -1.43. The smallest absolute Gasteiger partial charge is 0.235 e. The van der Waals surface area contributed by atoms with Gasteiger partial charge in [-0.2, -0.15) is 0 Å². The first-order chi connectivity index (χ1) is 21.7. The van der Waals surface area contributed by atoms with E-state index in [-0.39, 0.29) is 41.3 Å². The van der Waals surface area contributed by atoms with Gasteiger partial charge in [0.05, 0.1) is 17.9 Å². The van der Waals surface area contributed by atoms with Crippen molar-refractivity contribution in [2.24, 2.45) is 75.6 Å². The number of rotatable bonds is 3. The van der Waals surface area contributed by atoms with Crippen molar-refractivity contribution in [3.8, 4) is 0 Å². The number of fused-ring (bicyclic) bond motifs is 4. The molecule has 0 bridgehead atoms. The molecule has 8 rings (SSSR count). The van der Waals surface area contributed by atoms with Crippen LogP contribution in [-0.4, -0.2) is 64.4 Å². The van der Waals surface area contributed by atoms with E-state index in [4.69, 9.17) is 21.2 Å². The van der Waals surface area contributed by atoms with Gasteiger partial charge in [0.2, 0.25) is 11.8 Å². The zero-order chi connectivity index (χ0) is 31.1. The van der Waals surface area contributed by atoms with Gasteiger partial charge in [-0.3, -0.25) is 24.1 Å². The monoisotopic (exact) mass is 620 g/mol. The quantitative estimate of drug-likeness (QED) is 0.457. The summed E-state index contributed by atoms with van der Waals surface area (Å²) in [4.78, 5) is 61.8. The van der Waals surface area contributed by atoms with Gasteiger partial charge in [0, 0.05) is 47.7 Å². The number of amides is 2. The molecule has 4 N–H and O–H groups in total. The van der Waals surface area contributed by atoms with Gasteiger partial charge >= 0.3 is 0 Å². The number of nitrogens with zero attached hydrogens (tertiary/aromatic N) is 2. The molecule has 0 aromatic carbocycles. The van der Waals surface area contributed by atoms with Gasteiger partial charge < -0.3 is 16.2 Å². The summed E-state index contributed by atoms with van der Waals surface area (Å²) in [5.74, 6) is -0.664. The van der Waals surface area contributed by atoms with Crippen LogP contribution in [0.25, 0.3) is 0 Å². The molecule has 7 fully saturated rings. The van der Waals surface area contributed by atoms with Crippen LogP contribution in [0.3, 0.4) is 0 Å². The lowest BCUT2D eigenvalue weighted by molar-refractivity contribution is -0.157. The molecule has 6 saturated carbocycles. The lowest BCUT2D eigenvalue weighted by Crippen LogP contribution is -2.67. The fourth-order valence-corrected chi connectivity index (χ4v) is 11.7. The highest BCUT2D eigenvalue weighted by Gasteiger charge is 2.66. The molecule has 2 amide bonds. The number of carbonyl (C=O) groups is 4. The standard InChI is InChI=1S/C36H52N4O5/c1-17-6-15-25-24(16-17)39-34(45-25)20-9-7-18(8-10-20)19-11-13-21(14-12-19)40-35(43)28-29(36(40)44)31(38)27-26(30(28)37)32(41)22-4-2-3-5-23(22)33(27)42/h17-31H,2-16,37-38H2,1H3. The minimum Gasteiger partial charge on any atom is -0.475 e. The van der Waals surface area contributed by atoms with Crippen molar-refractivity contribution < 1.29 is 23.9 Å². The van der Waals surface area contributed by atoms with E-state index in [9.17, 15) is 19.2 Å². The van der Waals surface area contributed by atoms with E-state index < -0.39 is 35.8 Å². The second-order valence-corrected chi connectivity index (χ2v) is 16.4. The van der Waals surface area contributed by atoms with Gasteiger partial charge in [-0.15, -0.1) is 0 Å². The molecule has 0 spiro atoms. The summed E-state index contributed by atoms with van der Waals surface area (Å²) < 4.78 is 6.37. The molecule has 6 aliphatic carbocycles. The molecule has 8 aliphatic rings. The maximum atomic E-state index is 14.0. The summed E-state index contributed by atoms with van der Waals surface area (Å²) in [6.07, 6.45) is 15.4. The van der Waals surface area contributed by atoms with Crippen molar-refractivity contribution in [1.82, 2.24) is 4.90 Å². The Hall–Kier alpha value is -2.13. The third-order valence-electron chi connectivity index (χ3n) is 14.1. The topological polar surface area (TPSA) is 145 Å². The van der Waals surface area contributed by atoms with E-state index >= 15 is 0 Å². The maximum Gasteiger partial charge on any atom is 0.235 e. The van der Waals surface area contributed by atoms with Gasteiger partial charge in [0.1, 0.15) is 17.7 Å². The third-order valence-corrected chi connectivity index (χ3v) is 14.1. The van der Waals surface area contributed by atoms with Crippen LogP contribution in [0.5, 0.6) is 0 Å². The maximum absolute atomic E-state index is 14.0. The Labute approximate surface area is 267 Å². The molecule has 1 saturated heterocycles. The molecule has 11 atom stereocenters. The Morgan fingerprint density at radius 2 is 1.20 bits per heavy atom. The second-order valence-electron chi connectivity index (χ2n) is 16.4. The molecule has 0 aromatic rings. The van der Waals surface area contributed by atoms with E-state index in [1.807, 2.05) is 0 Å². The Morgan fingerprint density at radius 1 is 0.667 bits per heavy atom. The van der Waals surface area contributed by atoms with Gasteiger partial charge in [-0.25, -0.2) is 4.99 Å². The average molecular weight is 621 g/mol. The van der Waals surface area contributed by atoms with Crippen LogP contribution >= 0.6 is 0 Å². The first kappa shape index (κ1) is 30.2. The van der Waals surface area contributed by atoms with Gasteiger partial charge in [-0.1, -0.05) is 19.8 Å². The molecular formula is C36H52N4O5. The molecule has 0 radical (unpaired) electrons. The van der Waals surface area contributed by atoms with E-state index in [2.05, 4.69) is 6.92 Å². The van der Waals surface area contributed by atoms with Crippen LogP contribution in [-0.2, 0) is 23.9 Å². The van der Waals surface area contributed by atoms with E-state index in [1.54, 1.807) is 0 Å². The van der Waals surface area contributed by atoms with Crippen molar-refractivity contribution >= 4 is 29.3 Å². The first-order valence-electron chi connectivity index (χ1n) is 18.4. The van der Waals surface area contributed by atoms with Crippen molar-refractivity contribution in [3.05, 3.63) is 0 Å². The van der Waals surface area contributed by atoms with Crippen LogP contribution < -0.4 is 11.5 Å². The predicted octanol–water partition coefficient (Wildman–Crippen LogP) is 3.80. The van der Waals surface area contributed by atoms with Crippen LogP contribution in [0.4, 0.5) is 0 Å². The van der Waals surface area contributed by atoms with Crippen molar-refractivity contribution in [2.75, 3.05) is 0 Å². The number of imide groups is 1. The zero-order valence-corrected chi connectivity index (χ0v) is 26.9. The van der Waals surface area contributed by atoms with Crippen molar-refractivity contribution in [2.45, 2.75) is 134 Å².